The molecule has 0 fully saturated rings. The minimum absolute atomic E-state index is 0.0663. The van der Waals surface area contributed by atoms with E-state index in [1.165, 1.54) is 0 Å². The van der Waals surface area contributed by atoms with Crippen molar-refractivity contribution in [3.63, 3.8) is 0 Å². The number of benzene rings is 1. The highest BCUT2D eigenvalue weighted by Gasteiger charge is 2.10. The largest absolute Gasteiger partial charge is 0.465 e. The third kappa shape index (κ3) is 3.82. The molecule has 1 amide bonds. The van der Waals surface area contributed by atoms with Gasteiger partial charge >= 0.3 is 6.09 Å². The average molecular weight is 289 g/mol. The molecule has 21 heavy (non-hydrogen) atoms. The Bertz CT molecular complexity index is 681. The highest BCUT2D eigenvalue weighted by molar-refractivity contribution is 5.84. The van der Waals surface area contributed by atoms with E-state index < -0.39 is 6.09 Å². The van der Waals surface area contributed by atoms with Gasteiger partial charge in [-0.15, -0.1) is 0 Å². The third-order valence-corrected chi connectivity index (χ3v) is 3.39. The lowest BCUT2D eigenvalue weighted by Crippen LogP contribution is -2.27. The van der Waals surface area contributed by atoms with E-state index in [1.54, 1.807) is 12.3 Å². The van der Waals surface area contributed by atoms with Gasteiger partial charge in [0.05, 0.1) is 0 Å². The Morgan fingerprint density at radius 3 is 2.71 bits per heavy atom. The smallest absolute Gasteiger partial charge is 0.404 e. The van der Waals surface area contributed by atoms with Crippen LogP contribution in [0.2, 0.25) is 0 Å². The molecular weight excluding hydrogens is 270 g/mol. The first kappa shape index (κ1) is 15.1. The Morgan fingerprint density at radius 2 is 2.00 bits per heavy atom. The van der Waals surface area contributed by atoms with E-state index in [1.807, 2.05) is 25.1 Å². The molecule has 1 aromatic heterocycles. The van der Waals surface area contributed by atoms with Gasteiger partial charge in [-0.3, -0.25) is 4.79 Å². The van der Waals surface area contributed by atoms with Gasteiger partial charge in [0.2, 0.25) is 0 Å². The second kappa shape index (κ2) is 6.90. The fraction of sp³-hybridized carbons (Fsp3) is 0.333. The second-order valence-electron chi connectivity index (χ2n) is 4.88. The monoisotopic (exact) mass is 289 g/mol. The van der Waals surface area contributed by atoms with Crippen molar-refractivity contribution in [3.05, 3.63) is 46.4 Å². The van der Waals surface area contributed by atoms with Gasteiger partial charge in [0.1, 0.15) is 0 Å². The molecule has 2 aromatic rings. The first-order chi connectivity index (χ1) is 10.1. The highest BCUT2D eigenvalue weighted by atomic mass is 16.4. The predicted octanol–water partition coefficient (Wildman–Crippen LogP) is 1.84. The second-order valence-corrected chi connectivity index (χ2v) is 4.88. The number of rotatable bonds is 6. The van der Waals surface area contributed by atoms with Crippen molar-refractivity contribution in [2.75, 3.05) is 13.1 Å². The van der Waals surface area contributed by atoms with Crippen molar-refractivity contribution in [1.29, 1.82) is 0 Å². The van der Waals surface area contributed by atoms with E-state index in [9.17, 15) is 9.59 Å². The number of H-pyrrole nitrogens is 1. The fourth-order valence-electron chi connectivity index (χ4n) is 2.30. The molecule has 112 valence electrons. The SMILES string of the molecule is CC(NCCCNC(=O)O)c1c[nH]c(=O)c2ccccc12. The molecule has 0 radical (unpaired) electrons. The molecule has 1 unspecified atom stereocenters. The van der Waals surface area contributed by atoms with Crippen LogP contribution in [0, 0.1) is 0 Å². The number of aromatic amines is 1. The number of amides is 1. The molecule has 1 atom stereocenters. The average Bonchev–Trinajstić information content (AvgIpc) is 2.47. The van der Waals surface area contributed by atoms with Crippen LogP contribution >= 0.6 is 0 Å². The molecule has 0 aliphatic carbocycles. The minimum atomic E-state index is -1.00. The Labute approximate surface area is 122 Å². The lowest BCUT2D eigenvalue weighted by Gasteiger charge is -2.16. The standard InChI is InChI=1S/C15H19N3O3/c1-10(16-7-4-8-17-15(20)21)13-9-18-14(19)12-6-3-2-5-11(12)13/h2-3,5-6,9-10,16-17H,4,7-8H2,1H3,(H,18,19)(H,20,21). The van der Waals surface area contributed by atoms with Gasteiger partial charge in [-0.2, -0.15) is 0 Å². The van der Waals surface area contributed by atoms with E-state index in [0.717, 1.165) is 10.9 Å². The van der Waals surface area contributed by atoms with Crippen LogP contribution in [-0.2, 0) is 0 Å². The highest BCUT2D eigenvalue weighted by Crippen LogP contribution is 2.20. The molecule has 0 aliphatic rings. The van der Waals surface area contributed by atoms with Gasteiger partial charge in [-0.05, 0) is 36.9 Å². The van der Waals surface area contributed by atoms with Crippen molar-refractivity contribution in [1.82, 2.24) is 15.6 Å². The van der Waals surface area contributed by atoms with E-state index in [4.69, 9.17) is 5.11 Å². The third-order valence-electron chi connectivity index (χ3n) is 3.39. The zero-order valence-electron chi connectivity index (χ0n) is 11.8. The van der Waals surface area contributed by atoms with Gasteiger partial charge in [-0.1, -0.05) is 18.2 Å². The molecule has 0 saturated carbocycles. The zero-order chi connectivity index (χ0) is 15.2. The van der Waals surface area contributed by atoms with E-state index in [-0.39, 0.29) is 11.6 Å². The molecule has 0 bridgehead atoms. The van der Waals surface area contributed by atoms with Crippen LogP contribution in [-0.4, -0.2) is 29.3 Å². The molecule has 2 rings (SSSR count). The maximum absolute atomic E-state index is 11.8. The van der Waals surface area contributed by atoms with Gasteiger partial charge in [0.25, 0.3) is 5.56 Å². The van der Waals surface area contributed by atoms with Crippen molar-refractivity contribution in [2.45, 2.75) is 19.4 Å². The molecular formula is C15H19N3O3. The number of carbonyl (C=O) groups is 1. The van der Waals surface area contributed by atoms with Crippen molar-refractivity contribution in [3.8, 4) is 0 Å². The van der Waals surface area contributed by atoms with Gasteiger partial charge in [-0.25, -0.2) is 4.79 Å². The Morgan fingerprint density at radius 1 is 1.29 bits per heavy atom. The van der Waals surface area contributed by atoms with Crippen LogP contribution in [0.4, 0.5) is 4.79 Å². The molecule has 0 spiro atoms. The molecule has 1 heterocycles. The molecule has 0 aliphatic heterocycles. The summed E-state index contributed by atoms with van der Waals surface area (Å²) in [6.45, 7) is 3.13. The van der Waals surface area contributed by atoms with Gasteiger partial charge in [0.15, 0.2) is 0 Å². The van der Waals surface area contributed by atoms with Crippen LogP contribution in [0.5, 0.6) is 0 Å². The van der Waals surface area contributed by atoms with Crippen molar-refractivity contribution < 1.29 is 9.90 Å². The van der Waals surface area contributed by atoms with Gasteiger partial charge in [0, 0.05) is 24.2 Å². The Balaban J connectivity index is 2.03. The first-order valence-corrected chi connectivity index (χ1v) is 6.90. The van der Waals surface area contributed by atoms with Crippen molar-refractivity contribution >= 4 is 16.9 Å². The number of fused-ring (bicyclic) bond motifs is 1. The first-order valence-electron chi connectivity index (χ1n) is 6.90. The van der Waals surface area contributed by atoms with Crippen LogP contribution in [0.25, 0.3) is 10.8 Å². The Hall–Kier alpha value is -2.34. The van der Waals surface area contributed by atoms with Crippen molar-refractivity contribution in [2.24, 2.45) is 0 Å². The van der Waals surface area contributed by atoms with Crippen LogP contribution in [0.1, 0.15) is 24.9 Å². The van der Waals surface area contributed by atoms with E-state index in [2.05, 4.69) is 15.6 Å². The minimum Gasteiger partial charge on any atom is -0.465 e. The number of hydrogen-bond acceptors (Lipinski definition) is 3. The summed E-state index contributed by atoms with van der Waals surface area (Å²) in [6, 6.07) is 7.56. The molecule has 6 nitrogen and oxygen atoms in total. The van der Waals surface area contributed by atoms with Crippen LogP contribution in [0.15, 0.2) is 35.3 Å². The molecule has 6 heteroatoms. The summed E-state index contributed by atoms with van der Waals surface area (Å²) < 4.78 is 0. The normalized spacial score (nSPS) is 12.2. The molecule has 1 aromatic carbocycles. The topological polar surface area (TPSA) is 94.2 Å². The summed E-state index contributed by atoms with van der Waals surface area (Å²) in [7, 11) is 0. The number of hydrogen-bond donors (Lipinski definition) is 4. The molecule has 0 saturated heterocycles. The number of nitrogens with one attached hydrogen (secondary N) is 3. The summed E-state index contributed by atoms with van der Waals surface area (Å²) in [5, 5.41) is 15.7. The fourth-order valence-corrected chi connectivity index (χ4v) is 2.30. The summed E-state index contributed by atoms with van der Waals surface area (Å²) in [6.07, 6.45) is 1.44. The van der Waals surface area contributed by atoms with Gasteiger partial charge < -0.3 is 20.7 Å². The number of aromatic nitrogens is 1. The van der Waals surface area contributed by atoms with Crippen LogP contribution < -0.4 is 16.2 Å². The summed E-state index contributed by atoms with van der Waals surface area (Å²) >= 11 is 0. The van der Waals surface area contributed by atoms with Crippen LogP contribution in [0.3, 0.4) is 0 Å². The number of pyridine rings is 1. The molecule has 4 N–H and O–H groups in total. The quantitative estimate of drug-likeness (QED) is 0.610. The Kier molecular flexibility index (Phi) is 4.94. The maximum atomic E-state index is 11.8. The lowest BCUT2D eigenvalue weighted by molar-refractivity contribution is 0.194. The number of carboxylic acid groups (broad SMARTS) is 1. The summed E-state index contributed by atoms with van der Waals surface area (Å²) in [4.78, 5) is 24.9. The summed E-state index contributed by atoms with van der Waals surface area (Å²) in [5.74, 6) is 0. The zero-order valence-corrected chi connectivity index (χ0v) is 11.8. The lowest BCUT2D eigenvalue weighted by atomic mass is 10.0. The maximum Gasteiger partial charge on any atom is 0.404 e. The van der Waals surface area contributed by atoms with E-state index >= 15 is 0 Å². The van der Waals surface area contributed by atoms with E-state index in [0.29, 0.717) is 24.9 Å². The summed E-state index contributed by atoms with van der Waals surface area (Å²) in [5.41, 5.74) is 0.934. The predicted molar refractivity (Wildman–Crippen MR) is 81.6 cm³/mol.